The summed E-state index contributed by atoms with van der Waals surface area (Å²) < 4.78 is 5.27. The molecule has 0 aliphatic heterocycles. The summed E-state index contributed by atoms with van der Waals surface area (Å²) in [5, 5.41) is 5.03. The van der Waals surface area contributed by atoms with Gasteiger partial charge in [0.15, 0.2) is 0 Å². The van der Waals surface area contributed by atoms with Crippen LogP contribution in [0.25, 0.3) is 22.8 Å². The SMILES string of the molecule is Cc1ccc(-c2noc(-c3ccc(Cl)cc3Cl)n2)cc1. The van der Waals surface area contributed by atoms with E-state index < -0.39 is 0 Å². The van der Waals surface area contributed by atoms with Crippen molar-refractivity contribution in [1.82, 2.24) is 10.1 Å². The second-order valence-corrected chi connectivity index (χ2v) is 5.26. The van der Waals surface area contributed by atoms with Gasteiger partial charge in [-0.15, -0.1) is 0 Å². The van der Waals surface area contributed by atoms with Gasteiger partial charge >= 0.3 is 0 Å². The first-order valence-corrected chi connectivity index (χ1v) is 6.75. The molecule has 0 N–H and O–H groups in total. The van der Waals surface area contributed by atoms with Crippen LogP contribution >= 0.6 is 23.2 Å². The van der Waals surface area contributed by atoms with Crippen LogP contribution in [0.4, 0.5) is 0 Å². The summed E-state index contributed by atoms with van der Waals surface area (Å²) in [6, 6.07) is 13.0. The molecule has 20 heavy (non-hydrogen) atoms. The molecule has 5 heteroatoms. The molecule has 0 spiro atoms. The van der Waals surface area contributed by atoms with Gasteiger partial charge in [-0.05, 0) is 25.1 Å². The smallest absolute Gasteiger partial charge is 0.259 e. The lowest BCUT2D eigenvalue weighted by molar-refractivity contribution is 0.432. The molecule has 0 fully saturated rings. The van der Waals surface area contributed by atoms with Crippen molar-refractivity contribution < 1.29 is 4.52 Å². The first-order valence-electron chi connectivity index (χ1n) is 5.99. The number of aromatic nitrogens is 2. The van der Waals surface area contributed by atoms with Crippen LogP contribution in [0.5, 0.6) is 0 Å². The molecule has 3 aromatic rings. The average Bonchev–Trinajstić information content (AvgIpc) is 2.89. The summed E-state index contributed by atoms with van der Waals surface area (Å²) in [4.78, 5) is 4.37. The van der Waals surface area contributed by atoms with Crippen molar-refractivity contribution in [3.63, 3.8) is 0 Å². The number of hydrogen-bond donors (Lipinski definition) is 0. The fourth-order valence-electron chi connectivity index (χ4n) is 1.82. The van der Waals surface area contributed by atoms with E-state index in [1.807, 2.05) is 31.2 Å². The molecule has 1 heterocycles. The van der Waals surface area contributed by atoms with Gasteiger partial charge in [0, 0.05) is 10.6 Å². The molecule has 0 aliphatic carbocycles. The van der Waals surface area contributed by atoms with E-state index in [1.54, 1.807) is 18.2 Å². The highest BCUT2D eigenvalue weighted by molar-refractivity contribution is 6.36. The molecule has 0 radical (unpaired) electrons. The largest absolute Gasteiger partial charge is 0.334 e. The van der Waals surface area contributed by atoms with Crippen molar-refractivity contribution in [3.8, 4) is 22.8 Å². The summed E-state index contributed by atoms with van der Waals surface area (Å²) >= 11 is 12.0. The summed E-state index contributed by atoms with van der Waals surface area (Å²) in [5.74, 6) is 0.910. The lowest BCUT2D eigenvalue weighted by Gasteiger charge is -1.98. The van der Waals surface area contributed by atoms with Crippen molar-refractivity contribution in [2.45, 2.75) is 6.92 Å². The summed E-state index contributed by atoms with van der Waals surface area (Å²) in [7, 11) is 0. The predicted molar refractivity (Wildman–Crippen MR) is 79.9 cm³/mol. The number of aryl methyl sites for hydroxylation is 1. The first kappa shape index (κ1) is 13.2. The lowest BCUT2D eigenvalue weighted by atomic mass is 10.1. The fourth-order valence-corrected chi connectivity index (χ4v) is 2.31. The third kappa shape index (κ3) is 2.55. The maximum absolute atomic E-state index is 6.13. The van der Waals surface area contributed by atoms with E-state index in [0.29, 0.717) is 27.3 Å². The van der Waals surface area contributed by atoms with Gasteiger partial charge in [0.05, 0.1) is 10.6 Å². The van der Waals surface area contributed by atoms with Gasteiger partial charge in [0.1, 0.15) is 0 Å². The molecular formula is C15H10Cl2N2O. The van der Waals surface area contributed by atoms with Crippen molar-refractivity contribution in [2.75, 3.05) is 0 Å². The molecule has 1 aromatic heterocycles. The van der Waals surface area contributed by atoms with Crippen molar-refractivity contribution in [2.24, 2.45) is 0 Å². The molecule has 2 aromatic carbocycles. The van der Waals surface area contributed by atoms with E-state index in [-0.39, 0.29) is 0 Å². The third-order valence-electron chi connectivity index (χ3n) is 2.90. The number of halogens is 2. The van der Waals surface area contributed by atoms with Crippen LogP contribution in [-0.4, -0.2) is 10.1 Å². The Balaban J connectivity index is 1.99. The lowest BCUT2D eigenvalue weighted by Crippen LogP contribution is -1.82. The van der Waals surface area contributed by atoms with Crippen LogP contribution in [0.3, 0.4) is 0 Å². The number of hydrogen-bond acceptors (Lipinski definition) is 3. The monoisotopic (exact) mass is 304 g/mol. The molecule has 100 valence electrons. The van der Waals surface area contributed by atoms with E-state index >= 15 is 0 Å². The fraction of sp³-hybridized carbons (Fsp3) is 0.0667. The van der Waals surface area contributed by atoms with Crippen LogP contribution in [-0.2, 0) is 0 Å². The van der Waals surface area contributed by atoms with Crippen molar-refractivity contribution in [3.05, 3.63) is 58.1 Å². The zero-order chi connectivity index (χ0) is 14.1. The average molecular weight is 305 g/mol. The van der Waals surface area contributed by atoms with Gasteiger partial charge in [-0.3, -0.25) is 0 Å². The Kier molecular flexibility index (Phi) is 3.47. The highest BCUT2D eigenvalue weighted by atomic mass is 35.5. The minimum absolute atomic E-state index is 0.377. The Bertz CT molecular complexity index is 751. The van der Waals surface area contributed by atoms with E-state index in [1.165, 1.54) is 5.56 Å². The minimum Gasteiger partial charge on any atom is -0.334 e. The highest BCUT2D eigenvalue weighted by Crippen LogP contribution is 2.30. The first-order chi connectivity index (χ1) is 9.63. The van der Waals surface area contributed by atoms with Crippen LogP contribution < -0.4 is 0 Å². The molecular weight excluding hydrogens is 295 g/mol. The van der Waals surface area contributed by atoms with E-state index in [2.05, 4.69) is 10.1 Å². The normalized spacial score (nSPS) is 10.8. The second kappa shape index (κ2) is 5.27. The zero-order valence-corrected chi connectivity index (χ0v) is 12.1. The molecule has 0 saturated heterocycles. The van der Waals surface area contributed by atoms with Gasteiger partial charge in [-0.2, -0.15) is 4.98 Å². The van der Waals surface area contributed by atoms with Gasteiger partial charge in [0.25, 0.3) is 5.89 Å². The molecule has 0 amide bonds. The van der Waals surface area contributed by atoms with Crippen molar-refractivity contribution in [1.29, 1.82) is 0 Å². The number of benzene rings is 2. The summed E-state index contributed by atoms with van der Waals surface area (Å²) in [6.07, 6.45) is 0. The zero-order valence-electron chi connectivity index (χ0n) is 10.6. The molecule has 0 aliphatic rings. The Labute approximate surface area is 126 Å². The standard InChI is InChI=1S/C15H10Cl2N2O/c1-9-2-4-10(5-3-9)14-18-15(20-19-14)12-7-6-11(16)8-13(12)17/h2-8H,1H3. The van der Waals surface area contributed by atoms with E-state index in [4.69, 9.17) is 27.7 Å². The van der Waals surface area contributed by atoms with Gasteiger partial charge in [-0.1, -0.05) is 58.2 Å². The molecule has 0 bridgehead atoms. The molecule has 0 saturated carbocycles. The predicted octanol–water partition coefficient (Wildman–Crippen LogP) is 5.02. The van der Waals surface area contributed by atoms with Gasteiger partial charge in [0.2, 0.25) is 5.82 Å². The minimum atomic E-state index is 0.377. The van der Waals surface area contributed by atoms with E-state index in [9.17, 15) is 0 Å². The maximum atomic E-state index is 6.13. The Morgan fingerprint density at radius 2 is 1.75 bits per heavy atom. The third-order valence-corrected chi connectivity index (χ3v) is 3.45. The molecule has 0 unspecified atom stereocenters. The van der Waals surface area contributed by atoms with Gasteiger partial charge in [-0.25, -0.2) is 0 Å². The van der Waals surface area contributed by atoms with Gasteiger partial charge < -0.3 is 4.52 Å². The van der Waals surface area contributed by atoms with Crippen LogP contribution in [0.1, 0.15) is 5.56 Å². The Morgan fingerprint density at radius 1 is 1.00 bits per heavy atom. The second-order valence-electron chi connectivity index (χ2n) is 4.41. The van der Waals surface area contributed by atoms with Crippen molar-refractivity contribution >= 4 is 23.2 Å². The molecule has 3 rings (SSSR count). The summed E-state index contributed by atoms with van der Waals surface area (Å²) in [6.45, 7) is 2.03. The van der Waals surface area contributed by atoms with Crippen LogP contribution in [0.2, 0.25) is 10.0 Å². The number of rotatable bonds is 2. The molecule has 0 atom stereocenters. The Hall–Kier alpha value is -1.84. The summed E-state index contributed by atoms with van der Waals surface area (Å²) in [5.41, 5.74) is 2.75. The molecule has 3 nitrogen and oxygen atoms in total. The Morgan fingerprint density at radius 3 is 2.45 bits per heavy atom. The number of nitrogens with zero attached hydrogens (tertiary/aromatic N) is 2. The maximum Gasteiger partial charge on any atom is 0.259 e. The van der Waals surface area contributed by atoms with Crippen LogP contribution in [0, 0.1) is 6.92 Å². The quantitative estimate of drug-likeness (QED) is 0.667. The van der Waals surface area contributed by atoms with E-state index in [0.717, 1.165) is 5.56 Å². The topological polar surface area (TPSA) is 38.9 Å². The van der Waals surface area contributed by atoms with Crippen LogP contribution in [0.15, 0.2) is 47.0 Å². The highest BCUT2D eigenvalue weighted by Gasteiger charge is 2.13.